The molecule has 2 rings (SSSR count). The summed E-state index contributed by atoms with van der Waals surface area (Å²) in [5.74, 6) is -0.888. The van der Waals surface area contributed by atoms with Gasteiger partial charge in [0.25, 0.3) is 0 Å². The van der Waals surface area contributed by atoms with Crippen molar-refractivity contribution in [2.75, 3.05) is 0 Å². The zero-order chi connectivity index (χ0) is 17.7. The fourth-order valence-electron chi connectivity index (χ4n) is 2.58. The molecule has 0 bridgehead atoms. The van der Waals surface area contributed by atoms with Crippen LogP contribution >= 0.6 is 7.75 Å². The summed E-state index contributed by atoms with van der Waals surface area (Å²) in [4.78, 5) is 18.0. The Morgan fingerprint density at radius 1 is 1.00 bits per heavy atom. The van der Waals surface area contributed by atoms with Crippen molar-refractivity contribution in [3.8, 4) is 5.75 Å². The van der Waals surface area contributed by atoms with Crippen LogP contribution in [0.2, 0.25) is 0 Å². The van der Waals surface area contributed by atoms with E-state index in [1.54, 1.807) is 12.1 Å². The molecule has 7 nitrogen and oxygen atoms in total. The van der Waals surface area contributed by atoms with Gasteiger partial charge in [-0.2, -0.15) is 4.76 Å². The molecule has 24 heavy (non-hydrogen) atoms. The van der Waals surface area contributed by atoms with Crippen LogP contribution in [0.1, 0.15) is 24.8 Å². The maximum Gasteiger partial charge on any atom is 0.448 e. The van der Waals surface area contributed by atoms with Crippen molar-refractivity contribution in [2.24, 2.45) is 10.7 Å². The number of benzene rings is 1. The highest BCUT2D eigenvalue weighted by Gasteiger charge is 2.26. The fourth-order valence-corrected chi connectivity index (χ4v) is 3.08. The summed E-state index contributed by atoms with van der Waals surface area (Å²) in [7, 11) is -4.65. The minimum atomic E-state index is -4.65. The molecule has 130 valence electrons. The van der Waals surface area contributed by atoms with Gasteiger partial charge in [0, 0.05) is 12.2 Å². The van der Waals surface area contributed by atoms with Crippen LogP contribution in [0.5, 0.6) is 5.75 Å². The lowest BCUT2D eigenvalue weighted by Crippen LogP contribution is -2.19. The molecule has 0 aromatic heterocycles. The Morgan fingerprint density at radius 2 is 1.67 bits per heavy atom. The zero-order valence-electron chi connectivity index (χ0n) is 12.9. The van der Waals surface area contributed by atoms with Gasteiger partial charge >= 0.3 is 7.75 Å². The van der Waals surface area contributed by atoms with E-state index in [1.807, 2.05) is 12.1 Å². The maximum absolute atomic E-state index is 11.1. The Balaban J connectivity index is 1.96. The second-order valence-corrected chi connectivity index (χ2v) is 6.87. The van der Waals surface area contributed by atoms with Gasteiger partial charge in [-0.3, -0.25) is 0 Å². The second kappa shape index (κ2) is 7.66. The Kier molecular flexibility index (Phi) is 5.83. The Hall–Kier alpha value is -2.08. The predicted molar refractivity (Wildman–Crippen MR) is 90.1 cm³/mol. The monoisotopic (exact) mass is 353 g/mol. The summed E-state index contributed by atoms with van der Waals surface area (Å²) in [6, 6.07) is 6.89. The van der Waals surface area contributed by atoms with Crippen molar-refractivity contribution in [1.82, 2.24) is 0 Å². The van der Waals surface area contributed by atoms with Crippen LogP contribution in [0.25, 0.3) is 0 Å². The number of aliphatic hydroxyl groups is 2. The predicted octanol–water partition coefficient (Wildman–Crippen LogP) is 3.15. The van der Waals surface area contributed by atoms with E-state index in [0.717, 1.165) is 30.6 Å². The molecule has 1 aliphatic carbocycles. The molecule has 1 aromatic rings. The van der Waals surface area contributed by atoms with Crippen LogP contribution in [0, 0.1) is 5.92 Å². The number of hydrogen-bond donors (Lipinski definition) is 5. The number of aliphatic hydroxyl groups excluding tert-OH is 2. The first kappa shape index (κ1) is 18.3. The lowest BCUT2D eigenvalue weighted by molar-refractivity contribution is 0.339. The lowest BCUT2D eigenvalue weighted by atomic mass is 9.90. The molecule has 0 fully saturated rings. The SMILES string of the molecule is O=P(O)(O)/N=C1\C=C(O)C=C(O)C1CCCCc1ccc(O)cc1. The van der Waals surface area contributed by atoms with Gasteiger partial charge in [-0.1, -0.05) is 18.6 Å². The molecule has 1 aliphatic rings. The average molecular weight is 353 g/mol. The summed E-state index contributed by atoms with van der Waals surface area (Å²) >= 11 is 0. The number of aromatic hydroxyl groups is 1. The van der Waals surface area contributed by atoms with Crippen LogP contribution in [-0.2, 0) is 11.0 Å². The van der Waals surface area contributed by atoms with Crippen molar-refractivity contribution in [3.05, 3.63) is 53.5 Å². The van der Waals surface area contributed by atoms with E-state index in [-0.39, 0.29) is 23.0 Å². The summed E-state index contributed by atoms with van der Waals surface area (Å²) in [6.07, 6.45) is 5.03. The molecule has 5 N–H and O–H groups in total. The molecule has 1 unspecified atom stereocenters. The van der Waals surface area contributed by atoms with Crippen LogP contribution in [0.4, 0.5) is 0 Å². The van der Waals surface area contributed by atoms with Crippen molar-refractivity contribution in [1.29, 1.82) is 0 Å². The van der Waals surface area contributed by atoms with Gasteiger partial charge in [0.15, 0.2) is 0 Å². The molecule has 0 spiro atoms. The van der Waals surface area contributed by atoms with Gasteiger partial charge in [-0.05, 0) is 37.0 Å². The summed E-state index contributed by atoms with van der Waals surface area (Å²) < 4.78 is 14.4. The average Bonchev–Trinajstić information content (AvgIpc) is 2.45. The van der Waals surface area contributed by atoms with Gasteiger partial charge in [-0.25, -0.2) is 4.57 Å². The molecule has 0 radical (unpaired) electrons. The van der Waals surface area contributed by atoms with Crippen LogP contribution < -0.4 is 0 Å². The first-order valence-corrected chi connectivity index (χ1v) is 9.06. The molecule has 0 aliphatic heterocycles. The minimum absolute atomic E-state index is 0.0227. The highest BCUT2D eigenvalue weighted by atomic mass is 31.2. The number of hydrogen-bond acceptors (Lipinski definition) is 4. The van der Waals surface area contributed by atoms with Crippen molar-refractivity contribution < 1.29 is 29.7 Å². The standard InChI is InChI=1S/C16H20NO6P/c18-12-7-5-11(6-8-12)3-1-2-4-14-15(17-24(21,22)23)9-13(19)10-16(14)20/h5-10,14,18-20H,1-4H2,(H2,21,22,23)/b17-15+. The van der Waals surface area contributed by atoms with Gasteiger partial charge in [0.2, 0.25) is 0 Å². The number of phenolic OH excluding ortho intramolecular Hbond substituents is 1. The number of unbranched alkanes of at least 4 members (excludes halogenated alkanes) is 1. The van der Waals surface area contributed by atoms with Gasteiger partial charge in [0.05, 0.1) is 11.6 Å². The quantitative estimate of drug-likeness (QED) is 0.394. The Bertz CT molecular complexity index is 717. The van der Waals surface area contributed by atoms with Crippen molar-refractivity contribution >= 4 is 13.5 Å². The Labute approximate surface area is 139 Å². The first-order chi connectivity index (χ1) is 11.2. The third kappa shape index (κ3) is 5.53. The van der Waals surface area contributed by atoms with Gasteiger partial charge in [0.1, 0.15) is 17.3 Å². The van der Waals surface area contributed by atoms with E-state index in [9.17, 15) is 19.9 Å². The lowest BCUT2D eigenvalue weighted by Gasteiger charge is -2.20. The highest BCUT2D eigenvalue weighted by molar-refractivity contribution is 7.50. The molecule has 1 aromatic carbocycles. The highest BCUT2D eigenvalue weighted by Crippen LogP contribution is 2.39. The van der Waals surface area contributed by atoms with Crippen LogP contribution in [-0.4, -0.2) is 30.8 Å². The molecule has 0 saturated heterocycles. The Morgan fingerprint density at radius 3 is 2.29 bits per heavy atom. The van der Waals surface area contributed by atoms with E-state index in [1.165, 1.54) is 0 Å². The number of nitrogens with zero attached hydrogens (tertiary/aromatic N) is 1. The molecule has 8 heteroatoms. The van der Waals surface area contributed by atoms with Crippen molar-refractivity contribution in [2.45, 2.75) is 25.7 Å². The van der Waals surface area contributed by atoms with E-state index in [2.05, 4.69) is 4.76 Å². The second-order valence-electron chi connectivity index (χ2n) is 5.64. The van der Waals surface area contributed by atoms with E-state index >= 15 is 0 Å². The smallest absolute Gasteiger partial charge is 0.448 e. The molecular formula is C16H20NO6P. The van der Waals surface area contributed by atoms with Gasteiger partial charge < -0.3 is 25.1 Å². The van der Waals surface area contributed by atoms with E-state index < -0.39 is 13.7 Å². The fraction of sp³-hybridized carbons (Fsp3) is 0.312. The molecule has 0 heterocycles. The third-order valence-electron chi connectivity index (χ3n) is 3.70. The third-order valence-corrected chi connectivity index (χ3v) is 4.19. The van der Waals surface area contributed by atoms with Crippen molar-refractivity contribution in [3.63, 3.8) is 0 Å². The zero-order valence-corrected chi connectivity index (χ0v) is 13.8. The molecule has 1 atom stereocenters. The normalized spacial score (nSPS) is 19.9. The number of phenols is 1. The minimum Gasteiger partial charge on any atom is -0.511 e. The summed E-state index contributed by atoms with van der Waals surface area (Å²) in [5, 5.41) is 28.7. The van der Waals surface area contributed by atoms with Crippen LogP contribution in [0.3, 0.4) is 0 Å². The first-order valence-electron chi connectivity index (χ1n) is 7.49. The van der Waals surface area contributed by atoms with Crippen LogP contribution in [0.15, 0.2) is 52.7 Å². The molecular weight excluding hydrogens is 333 g/mol. The van der Waals surface area contributed by atoms with E-state index in [4.69, 9.17) is 9.79 Å². The number of rotatable bonds is 6. The van der Waals surface area contributed by atoms with E-state index in [0.29, 0.717) is 12.8 Å². The molecule has 0 saturated carbocycles. The topological polar surface area (TPSA) is 131 Å². The summed E-state index contributed by atoms with van der Waals surface area (Å²) in [6.45, 7) is 0. The largest absolute Gasteiger partial charge is 0.511 e. The van der Waals surface area contributed by atoms with Gasteiger partial charge in [-0.15, -0.1) is 0 Å². The number of aryl methyl sites for hydroxylation is 1. The molecule has 0 amide bonds. The number of allylic oxidation sites excluding steroid dienone is 3. The maximum atomic E-state index is 11.1. The summed E-state index contributed by atoms with van der Waals surface area (Å²) in [5.41, 5.74) is 1.04.